The van der Waals surface area contributed by atoms with Crippen molar-refractivity contribution in [2.45, 2.75) is 27.2 Å². The lowest BCUT2D eigenvalue weighted by atomic mass is 10.1. The van der Waals surface area contributed by atoms with Gasteiger partial charge in [0.25, 0.3) is 5.91 Å². The normalized spacial score (nSPS) is 10.7. The van der Waals surface area contributed by atoms with Gasteiger partial charge in [-0.2, -0.15) is 0 Å². The van der Waals surface area contributed by atoms with Gasteiger partial charge in [-0.05, 0) is 79.9 Å². The molecule has 0 bridgehead atoms. The van der Waals surface area contributed by atoms with Gasteiger partial charge in [-0.3, -0.25) is 4.79 Å². The van der Waals surface area contributed by atoms with Gasteiger partial charge >= 0.3 is 5.97 Å². The Balaban J connectivity index is 1.54. The number of nitrogens with one attached hydrogen (secondary N) is 1. The van der Waals surface area contributed by atoms with E-state index in [1.807, 2.05) is 56.3 Å². The van der Waals surface area contributed by atoms with Crippen LogP contribution in [-0.2, 0) is 4.79 Å². The first kappa shape index (κ1) is 22.8. The number of carbonyl (C=O) groups is 2. The second-order valence-corrected chi connectivity index (χ2v) is 7.47. The molecule has 0 atom stereocenters. The molecule has 0 radical (unpaired) electrons. The molecule has 5 nitrogen and oxygen atoms in total. The van der Waals surface area contributed by atoms with Crippen LogP contribution in [0.15, 0.2) is 72.8 Å². The second-order valence-electron chi connectivity index (χ2n) is 7.47. The molecule has 0 aromatic heterocycles. The van der Waals surface area contributed by atoms with Gasteiger partial charge < -0.3 is 14.8 Å². The molecular formula is C27H27NO4. The number of carbonyl (C=O) groups excluding carboxylic acids is 2. The fourth-order valence-corrected chi connectivity index (χ4v) is 3.03. The van der Waals surface area contributed by atoms with E-state index in [0.29, 0.717) is 17.9 Å². The third kappa shape index (κ3) is 6.57. The van der Waals surface area contributed by atoms with Gasteiger partial charge in [0, 0.05) is 17.3 Å². The number of anilines is 1. The molecule has 1 amide bonds. The lowest BCUT2D eigenvalue weighted by Gasteiger charge is -2.09. The van der Waals surface area contributed by atoms with Crippen LogP contribution in [0.1, 0.15) is 40.4 Å². The van der Waals surface area contributed by atoms with Crippen molar-refractivity contribution in [2.75, 3.05) is 11.9 Å². The summed E-state index contributed by atoms with van der Waals surface area (Å²) in [6.45, 7) is 6.69. The van der Waals surface area contributed by atoms with Crippen LogP contribution in [0.3, 0.4) is 0 Å². The van der Waals surface area contributed by atoms with Crippen molar-refractivity contribution in [1.29, 1.82) is 0 Å². The fraction of sp³-hybridized carbons (Fsp3) is 0.185. The number of hydrogen-bond acceptors (Lipinski definition) is 4. The van der Waals surface area contributed by atoms with E-state index < -0.39 is 5.97 Å². The Morgan fingerprint density at radius 2 is 1.59 bits per heavy atom. The first-order chi connectivity index (χ1) is 15.4. The van der Waals surface area contributed by atoms with Crippen LogP contribution in [0.25, 0.3) is 6.08 Å². The first-order valence-electron chi connectivity index (χ1n) is 10.6. The molecule has 0 fully saturated rings. The van der Waals surface area contributed by atoms with Crippen molar-refractivity contribution < 1.29 is 19.1 Å². The third-order valence-corrected chi connectivity index (χ3v) is 4.73. The Kier molecular flexibility index (Phi) is 7.81. The van der Waals surface area contributed by atoms with Crippen LogP contribution in [0.5, 0.6) is 11.5 Å². The van der Waals surface area contributed by atoms with E-state index >= 15 is 0 Å². The molecule has 0 aliphatic carbocycles. The summed E-state index contributed by atoms with van der Waals surface area (Å²) < 4.78 is 10.9. The topological polar surface area (TPSA) is 64.6 Å². The SMILES string of the molecule is CCCOc1ccc(/C=C/C(=O)Oc2ccc(C(=O)Nc3ccc(C)cc3C)cc2)cc1. The molecule has 32 heavy (non-hydrogen) atoms. The molecule has 0 spiro atoms. The fourth-order valence-electron chi connectivity index (χ4n) is 3.03. The van der Waals surface area contributed by atoms with Crippen LogP contribution < -0.4 is 14.8 Å². The highest BCUT2D eigenvalue weighted by Crippen LogP contribution is 2.19. The lowest BCUT2D eigenvalue weighted by molar-refractivity contribution is -0.128. The highest BCUT2D eigenvalue weighted by Gasteiger charge is 2.09. The molecule has 3 aromatic carbocycles. The molecule has 0 aliphatic rings. The average molecular weight is 430 g/mol. The minimum Gasteiger partial charge on any atom is -0.494 e. The minimum absolute atomic E-state index is 0.221. The Morgan fingerprint density at radius 3 is 2.25 bits per heavy atom. The predicted octanol–water partition coefficient (Wildman–Crippen LogP) is 5.96. The number of hydrogen-bond donors (Lipinski definition) is 1. The maximum Gasteiger partial charge on any atom is 0.336 e. The largest absolute Gasteiger partial charge is 0.494 e. The highest BCUT2D eigenvalue weighted by molar-refractivity contribution is 6.04. The molecule has 3 rings (SSSR count). The van der Waals surface area contributed by atoms with Gasteiger partial charge in [0.2, 0.25) is 0 Å². The van der Waals surface area contributed by atoms with E-state index in [2.05, 4.69) is 12.2 Å². The van der Waals surface area contributed by atoms with Crippen LogP contribution in [0, 0.1) is 13.8 Å². The molecule has 0 saturated carbocycles. The quantitative estimate of drug-likeness (QED) is 0.272. The molecular weight excluding hydrogens is 402 g/mol. The molecule has 0 heterocycles. The van der Waals surface area contributed by atoms with Crippen molar-refractivity contribution in [1.82, 2.24) is 0 Å². The molecule has 0 aliphatic heterocycles. The first-order valence-corrected chi connectivity index (χ1v) is 10.6. The zero-order valence-electron chi connectivity index (χ0n) is 18.6. The van der Waals surface area contributed by atoms with Gasteiger partial charge in [-0.25, -0.2) is 4.79 Å². The number of aryl methyl sites for hydroxylation is 2. The van der Waals surface area contributed by atoms with E-state index in [9.17, 15) is 9.59 Å². The molecule has 5 heteroatoms. The van der Waals surface area contributed by atoms with Crippen molar-refractivity contribution in [3.05, 3.63) is 95.1 Å². The van der Waals surface area contributed by atoms with Crippen molar-refractivity contribution in [3.8, 4) is 11.5 Å². The molecule has 3 aromatic rings. The summed E-state index contributed by atoms with van der Waals surface area (Å²) in [5, 5.41) is 2.90. The smallest absolute Gasteiger partial charge is 0.336 e. The summed E-state index contributed by atoms with van der Waals surface area (Å²) in [4.78, 5) is 24.6. The van der Waals surface area contributed by atoms with Crippen molar-refractivity contribution in [3.63, 3.8) is 0 Å². The Labute approximate surface area is 188 Å². The van der Waals surface area contributed by atoms with Crippen LogP contribution in [-0.4, -0.2) is 18.5 Å². The van der Waals surface area contributed by atoms with E-state index in [1.165, 1.54) is 6.08 Å². The zero-order chi connectivity index (χ0) is 22.9. The number of rotatable bonds is 8. The highest BCUT2D eigenvalue weighted by atomic mass is 16.5. The van der Waals surface area contributed by atoms with Crippen LogP contribution in [0.2, 0.25) is 0 Å². The number of ether oxygens (including phenoxy) is 2. The number of amides is 1. The maximum absolute atomic E-state index is 12.5. The predicted molar refractivity (Wildman–Crippen MR) is 127 cm³/mol. The maximum atomic E-state index is 12.5. The van der Waals surface area contributed by atoms with Gasteiger partial charge in [-0.1, -0.05) is 36.8 Å². The lowest BCUT2D eigenvalue weighted by Crippen LogP contribution is -2.13. The van der Waals surface area contributed by atoms with Crippen LogP contribution >= 0.6 is 0 Å². The monoisotopic (exact) mass is 429 g/mol. The summed E-state index contributed by atoms with van der Waals surface area (Å²) >= 11 is 0. The second kappa shape index (κ2) is 11.0. The molecule has 0 saturated heterocycles. The van der Waals surface area contributed by atoms with E-state index in [4.69, 9.17) is 9.47 Å². The van der Waals surface area contributed by atoms with Gasteiger partial charge in [0.15, 0.2) is 0 Å². The third-order valence-electron chi connectivity index (χ3n) is 4.73. The van der Waals surface area contributed by atoms with E-state index in [-0.39, 0.29) is 5.91 Å². The standard InChI is InChI=1S/C27H27NO4/c1-4-17-31-23-11-6-21(7-12-23)8-16-26(29)32-24-13-9-22(10-14-24)27(30)28-25-15-5-19(2)18-20(25)3/h5-16,18H,4,17H2,1-3H3,(H,28,30)/b16-8+. The summed E-state index contributed by atoms with van der Waals surface area (Å²) in [6.07, 6.45) is 3.99. The Bertz CT molecular complexity index is 1100. The average Bonchev–Trinajstić information content (AvgIpc) is 2.79. The molecule has 1 N–H and O–H groups in total. The minimum atomic E-state index is -0.496. The Hall–Kier alpha value is -3.86. The summed E-state index contributed by atoms with van der Waals surface area (Å²) in [5.74, 6) is 0.448. The van der Waals surface area contributed by atoms with Crippen molar-refractivity contribution >= 4 is 23.6 Å². The Morgan fingerprint density at radius 1 is 0.906 bits per heavy atom. The van der Waals surface area contributed by atoms with Crippen molar-refractivity contribution in [2.24, 2.45) is 0 Å². The summed E-state index contributed by atoms with van der Waals surface area (Å²) in [6, 6.07) is 19.8. The van der Waals surface area contributed by atoms with Gasteiger partial charge in [0.1, 0.15) is 11.5 Å². The molecule has 164 valence electrons. The van der Waals surface area contributed by atoms with Gasteiger partial charge in [-0.15, -0.1) is 0 Å². The number of benzene rings is 3. The molecule has 0 unspecified atom stereocenters. The van der Waals surface area contributed by atoms with Crippen LogP contribution in [0.4, 0.5) is 5.69 Å². The van der Waals surface area contributed by atoms with E-state index in [1.54, 1.807) is 30.3 Å². The zero-order valence-corrected chi connectivity index (χ0v) is 18.6. The summed E-state index contributed by atoms with van der Waals surface area (Å²) in [7, 11) is 0. The number of esters is 1. The van der Waals surface area contributed by atoms with E-state index in [0.717, 1.165) is 34.5 Å². The summed E-state index contributed by atoms with van der Waals surface area (Å²) in [5.41, 5.74) is 4.25. The van der Waals surface area contributed by atoms with Gasteiger partial charge in [0.05, 0.1) is 6.61 Å².